The third-order valence-electron chi connectivity index (χ3n) is 5.20. The van der Waals surface area contributed by atoms with E-state index < -0.39 is 0 Å². The maximum Gasteiger partial charge on any atom is 0.270 e. The van der Waals surface area contributed by atoms with Gasteiger partial charge in [0, 0.05) is 23.4 Å². The number of non-ortho nitro benzene ring substituents is 1. The number of nitrogens with two attached hydrogens (primary N) is 1. The molecule has 0 aliphatic carbocycles. The Kier molecular flexibility index (Phi) is 5.95. The van der Waals surface area contributed by atoms with E-state index in [0.29, 0.717) is 5.13 Å². The highest BCUT2D eigenvalue weighted by Gasteiger charge is 2.18. The molecule has 0 fully saturated rings. The summed E-state index contributed by atoms with van der Waals surface area (Å²) in [6.45, 7) is 0. The minimum absolute atomic E-state index is 0.0584. The van der Waals surface area contributed by atoms with Crippen molar-refractivity contribution in [2.75, 3.05) is 12.8 Å². The molecule has 0 aliphatic rings. The number of nitro groups is 1. The molecular weight excluding hydrogens is 410 g/mol. The highest BCUT2D eigenvalue weighted by atomic mass is 32.1. The quantitative estimate of drug-likeness (QED) is 0.300. The van der Waals surface area contributed by atoms with Gasteiger partial charge in [-0.3, -0.25) is 10.1 Å². The van der Waals surface area contributed by atoms with Crippen LogP contribution in [0.25, 0.3) is 11.1 Å². The number of hydrogen-bond acceptors (Lipinski definition) is 6. The van der Waals surface area contributed by atoms with E-state index in [1.54, 1.807) is 19.2 Å². The number of aromatic nitrogens is 1. The molecule has 0 aliphatic heterocycles. The molecule has 0 unspecified atom stereocenters. The van der Waals surface area contributed by atoms with Gasteiger partial charge in [-0.2, -0.15) is 0 Å². The van der Waals surface area contributed by atoms with Crippen LogP contribution in [0.5, 0.6) is 5.75 Å². The van der Waals surface area contributed by atoms with Gasteiger partial charge in [-0.15, -0.1) is 11.3 Å². The number of thiazole rings is 1. The van der Waals surface area contributed by atoms with Crippen molar-refractivity contribution < 1.29 is 9.66 Å². The highest BCUT2D eigenvalue weighted by Crippen LogP contribution is 2.32. The normalized spacial score (nSPS) is 11.8. The Balaban J connectivity index is 1.61. The molecule has 4 aromatic rings. The van der Waals surface area contributed by atoms with Crippen LogP contribution >= 0.6 is 11.3 Å². The zero-order chi connectivity index (χ0) is 21.8. The van der Waals surface area contributed by atoms with Gasteiger partial charge in [0.2, 0.25) is 0 Å². The van der Waals surface area contributed by atoms with Gasteiger partial charge in [0.05, 0.1) is 17.7 Å². The van der Waals surface area contributed by atoms with Crippen molar-refractivity contribution in [3.8, 4) is 16.9 Å². The second-order valence-corrected chi connectivity index (χ2v) is 8.03. The van der Waals surface area contributed by atoms with Crippen molar-refractivity contribution in [2.45, 2.75) is 12.3 Å². The first-order valence-electron chi connectivity index (χ1n) is 9.72. The van der Waals surface area contributed by atoms with Crippen LogP contribution in [0.2, 0.25) is 0 Å². The zero-order valence-electron chi connectivity index (χ0n) is 16.9. The lowest BCUT2D eigenvalue weighted by Gasteiger charge is -2.16. The number of ether oxygens (including phenoxy) is 1. The van der Waals surface area contributed by atoms with Gasteiger partial charge in [0.25, 0.3) is 5.69 Å². The molecule has 156 valence electrons. The second-order valence-electron chi connectivity index (χ2n) is 7.14. The number of nitro benzene ring substituents is 1. The Bertz CT molecular complexity index is 1190. The van der Waals surface area contributed by atoms with Gasteiger partial charge in [0.15, 0.2) is 5.13 Å². The molecule has 4 rings (SSSR count). The largest absolute Gasteiger partial charge is 0.497 e. The maximum atomic E-state index is 11.1. The first-order chi connectivity index (χ1) is 15.0. The van der Waals surface area contributed by atoms with Crippen molar-refractivity contribution in [1.82, 2.24) is 4.98 Å². The van der Waals surface area contributed by atoms with Gasteiger partial charge >= 0.3 is 0 Å². The fourth-order valence-corrected chi connectivity index (χ4v) is 4.17. The van der Waals surface area contributed by atoms with Gasteiger partial charge in [-0.1, -0.05) is 48.5 Å². The van der Waals surface area contributed by atoms with Crippen LogP contribution < -0.4 is 10.5 Å². The van der Waals surface area contributed by atoms with Crippen LogP contribution in [0.4, 0.5) is 10.8 Å². The molecule has 0 saturated heterocycles. The van der Waals surface area contributed by atoms with Crippen molar-refractivity contribution in [1.29, 1.82) is 0 Å². The van der Waals surface area contributed by atoms with E-state index in [-0.39, 0.29) is 16.5 Å². The molecule has 0 radical (unpaired) electrons. The smallest absolute Gasteiger partial charge is 0.270 e. The number of hydrogen-bond donors (Lipinski definition) is 1. The first kappa shape index (κ1) is 20.6. The summed E-state index contributed by atoms with van der Waals surface area (Å²) in [4.78, 5) is 15.2. The molecule has 1 aromatic heterocycles. The summed E-state index contributed by atoms with van der Waals surface area (Å²) >= 11 is 1.44. The van der Waals surface area contributed by atoms with Crippen LogP contribution in [0, 0.1) is 10.1 Å². The lowest BCUT2D eigenvalue weighted by atomic mass is 9.89. The molecule has 3 aromatic carbocycles. The molecule has 6 nitrogen and oxygen atoms in total. The van der Waals surface area contributed by atoms with E-state index in [2.05, 4.69) is 29.2 Å². The third kappa shape index (κ3) is 4.73. The van der Waals surface area contributed by atoms with E-state index in [1.807, 2.05) is 35.7 Å². The molecule has 0 saturated carbocycles. The van der Waals surface area contributed by atoms with E-state index in [9.17, 15) is 10.1 Å². The summed E-state index contributed by atoms with van der Waals surface area (Å²) < 4.78 is 5.28. The number of nitrogen functional groups attached to an aromatic ring is 1. The Labute approximate surface area is 184 Å². The van der Waals surface area contributed by atoms with E-state index in [0.717, 1.165) is 40.1 Å². The fourth-order valence-electron chi connectivity index (χ4n) is 3.56. The van der Waals surface area contributed by atoms with Crippen molar-refractivity contribution in [3.63, 3.8) is 0 Å². The van der Waals surface area contributed by atoms with Gasteiger partial charge in [-0.05, 0) is 40.8 Å². The number of methoxy groups -OCH3 is 1. The molecular formula is C24H21N3O3S. The van der Waals surface area contributed by atoms with Crippen LogP contribution in [0.1, 0.15) is 22.7 Å². The maximum absolute atomic E-state index is 11.1. The minimum Gasteiger partial charge on any atom is -0.497 e. The average molecular weight is 432 g/mol. The van der Waals surface area contributed by atoms with Crippen LogP contribution in [0.3, 0.4) is 0 Å². The third-order valence-corrected chi connectivity index (χ3v) is 5.89. The molecule has 7 heteroatoms. The lowest BCUT2D eigenvalue weighted by molar-refractivity contribution is -0.384. The van der Waals surface area contributed by atoms with E-state index >= 15 is 0 Å². The zero-order valence-corrected chi connectivity index (χ0v) is 17.7. The Morgan fingerprint density at radius 1 is 1.06 bits per heavy atom. The molecule has 1 atom stereocenters. The predicted octanol–water partition coefficient (Wildman–Crippen LogP) is 5.68. The average Bonchev–Trinajstić information content (AvgIpc) is 3.24. The van der Waals surface area contributed by atoms with E-state index in [1.165, 1.54) is 17.4 Å². The summed E-state index contributed by atoms with van der Waals surface area (Å²) in [5.74, 6) is 0.865. The molecule has 2 N–H and O–H groups in total. The molecule has 0 spiro atoms. The number of anilines is 1. The molecule has 31 heavy (non-hydrogen) atoms. The SMILES string of the molecule is COc1ccc([C@H](Cc2ccc(-c3cccc([N+](=O)[O-])c3)cc2)c2csc(N)n2)cc1. The van der Waals surface area contributed by atoms with Crippen LogP contribution in [0.15, 0.2) is 78.2 Å². The summed E-state index contributed by atoms with van der Waals surface area (Å²) in [5.41, 5.74) is 10.9. The second kappa shape index (κ2) is 8.97. The topological polar surface area (TPSA) is 91.3 Å². The Morgan fingerprint density at radius 3 is 2.42 bits per heavy atom. The predicted molar refractivity (Wildman–Crippen MR) is 124 cm³/mol. The number of benzene rings is 3. The van der Waals surface area contributed by atoms with Crippen molar-refractivity contribution in [2.24, 2.45) is 0 Å². The standard InChI is InChI=1S/C24H21N3O3S/c1-30-21-11-9-18(10-12-21)22(23-15-31-24(25)26-23)13-16-5-7-17(8-6-16)19-3-2-4-20(14-19)27(28)29/h2-12,14-15,22H,13H2,1H3,(H2,25,26)/t22-/m0/s1. The number of rotatable bonds is 7. The first-order valence-corrected chi connectivity index (χ1v) is 10.6. The van der Waals surface area contributed by atoms with Crippen LogP contribution in [-0.4, -0.2) is 17.0 Å². The molecule has 1 heterocycles. The summed E-state index contributed by atoms with van der Waals surface area (Å²) in [6.07, 6.45) is 0.755. The van der Waals surface area contributed by atoms with Crippen LogP contribution in [-0.2, 0) is 6.42 Å². The summed E-state index contributed by atoms with van der Waals surface area (Å²) in [6, 6.07) is 22.8. The van der Waals surface area contributed by atoms with Crippen molar-refractivity contribution in [3.05, 3.63) is 105 Å². The number of nitrogens with zero attached hydrogens (tertiary/aromatic N) is 2. The van der Waals surface area contributed by atoms with Gasteiger partial charge in [-0.25, -0.2) is 4.98 Å². The summed E-state index contributed by atoms with van der Waals surface area (Å²) in [5, 5.41) is 13.6. The molecule has 0 amide bonds. The molecule has 0 bridgehead atoms. The minimum atomic E-state index is -0.378. The van der Waals surface area contributed by atoms with Gasteiger partial charge < -0.3 is 10.5 Å². The summed E-state index contributed by atoms with van der Waals surface area (Å²) in [7, 11) is 1.65. The van der Waals surface area contributed by atoms with Gasteiger partial charge in [0.1, 0.15) is 5.75 Å². The van der Waals surface area contributed by atoms with E-state index in [4.69, 9.17) is 10.5 Å². The van der Waals surface area contributed by atoms with Crippen molar-refractivity contribution >= 4 is 22.2 Å². The fraction of sp³-hybridized carbons (Fsp3) is 0.125. The monoisotopic (exact) mass is 431 g/mol. The Hall–Kier alpha value is -3.71. The lowest BCUT2D eigenvalue weighted by Crippen LogP contribution is -2.06. The highest BCUT2D eigenvalue weighted by molar-refractivity contribution is 7.13. The Morgan fingerprint density at radius 2 is 1.81 bits per heavy atom.